The molecule has 0 spiro atoms. The highest BCUT2D eigenvalue weighted by molar-refractivity contribution is 5.92. The number of piperidine rings is 2. The number of fused-ring (bicyclic) bond motifs is 1. The van der Waals surface area contributed by atoms with Crippen LogP contribution in [0.4, 0.5) is 47.3 Å². The van der Waals surface area contributed by atoms with Crippen molar-refractivity contribution >= 4 is 29.3 Å². The number of likely N-dealkylation sites (tertiary alicyclic amines) is 2. The number of halogens is 6. The highest BCUT2D eigenvalue weighted by Gasteiger charge is 2.42. The van der Waals surface area contributed by atoms with Crippen molar-refractivity contribution in [1.82, 2.24) is 24.9 Å². The Hall–Kier alpha value is -4.21. The predicted molar refractivity (Wildman–Crippen MR) is 166 cm³/mol. The number of nitrogen functional groups attached to an aromatic ring is 1. The molecule has 2 aromatic rings. The van der Waals surface area contributed by atoms with Crippen LogP contribution in [0.25, 0.3) is 0 Å². The first-order chi connectivity index (χ1) is 22.5. The van der Waals surface area contributed by atoms with Crippen LogP contribution in [0, 0.1) is 0 Å². The van der Waals surface area contributed by atoms with E-state index in [0.717, 1.165) is 11.3 Å². The van der Waals surface area contributed by atoms with Gasteiger partial charge in [-0.25, -0.2) is 9.59 Å². The van der Waals surface area contributed by atoms with Crippen LogP contribution >= 0.6 is 0 Å². The Morgan fingerprint density at radius 1 is 0.938 bits per heavy atom. The Kier molecular flexibility index (Phi) is 10.0. The summed E-state index contributed by atoms with van der Waals surface area (Å²) in [5.74, 6) is -0.599. The average molecular weight is 684 g/mol. The van der Waals surface area contributed by atoms with E-state index in [2.05, 4.69) is 10.6 Å². The summed E-state index contributed by atoms with van der Waals surface area (Å²) in [5, 5.41) is 5.49. The van der Waals surface area contributed by atoms with E-state index in [-0.39, 0.29) is 31.2 Å². The van der Waals surface area contributed by atoms with Crippen molar-refractivity contribution in [3.63, 3.8) is 0 Å². The van der Waals surface area contributed by atoms with Gasteiger partial charge in [0.2, 0.25) is 5.91 Å². The first kappa shape index (κ1) is 35.1. The molecule has 10 nitrogen and oxygen atoms in total. The Labute approximate surface area is 274 Å². The van der Waals surface area contributed by atoms with E-state index in [1.807, 2.05) is 43.3 Å². The minimum atomic E-state index is -5.19. The summed E-state index contributed by atoms with van der Waals surface area (Å²) in [6, 6.07) is 6.10. The lowest BCUT2D eigenvalue weighted by molar-refractivity contribution is -0.141. The van der Waals surface area contributed by atoms with Crippen LogP contribution in [0.15, 0.2) is 36.4 Å². The van der Waals surface area contributed by atoms with Crippen LogP contribution in [-0.4, -0.2) is 96.0 Å². The Bertz CT molecular complexity index is 1480. The lowest BCUT2D eigenvalue weighted by atomic mass is 9.96. The molecule has 1 atom stereocenters. The third-order valence-corrected chi connectivity index (χ3v) is 9.45. The fraction of sp³-hybridized carbons (Fsp3) is 0.531. The summed E-state index contributed by atoms with van der Waals surface area (Å²) in [6.45, 7) is 1.46. The molecule has 5 rings (SSSR count). The molecule has 4 N–H and O–H groups in total. The molecule has 0 saturated carbocycles. The Morgan fingerprint density at radius 3 is 2.06 bits per heavy atom. The number of amides is 5. The highest BCUT2D eigenvalue weighted by atomic mass is 19.4. The number of benzene rings is 2. The molecule has 2 fully saturated rings. The van der Waals surface area contributed by atoms with Gasteiger partial charge in [0.1, 0.15) is 6.04 Å². The van der Waals surface area contributed by atoms with Crippen molar-refractivity contribution in [2.45, 2.75) is 69.1 Å². The topological polar surface area (TPSA) is 114 Å². The molecule has 3 aliphatic heterocycles. The van der Waals surface area contributed by atoms with Gasteiger partial charge < -0.3 is 36.0 Å². The van der Waals surface area contributed by atoms with Crippen molar-refractivity contribution in [2.75, 3.05) is 51.3 Å². The van der Waals surface area contributed by atoms with Gasteiger partial charge in [0, 0.05) is 56.9 Å². The van der Waals surface area contributed by atoms with Crippen LogP contribution in [0.5, 0.6) is 0 Å². The molecule has 0 aromatic heterocycles. The van der Waals surface area contributed by atoms with E-state index in [1.165, 1.54) is 9.80 Å². The number of anilines is 2. The Balaban J connectivity index is 1.33. The second kappa shape index (κ2) is 13.7. The summed E-state index contributed by atoms with van der Waals surface area (Å²) in [5.41, 5.74) is 1.79. The molecule has 2 aromatic carbocycles. The molecule has 5 amide bonds. The minimum Gasteiger partial charge on any atom is -0.398 e. The summed E-state index contributed by atoms with van der Waals surface area (Å²) in [6.07, 6.45) is -8.90. The van der Waals surface area contributed by atoms with E-state index in [4.69, 9.17) is 5.73 Å². The van der Waals surface area contributed by atoms with Gasteiger partial charge in [-0.15, -0.1) is 0 Å². The number of nitrogens with two attached hydrogens (primary N) is 1. The number of nitrogens with zero attached hydrogens (tertiary/aromatic N) is 4. The minimum absolute atomic E-state index is 0.172. The van der Waals surface area contributed by atoms with Crippen molar-refractivity contribution in [3.8, 4) is 0 Å². The molecule has 0 unspecified atom stereocenters. The van der Waals surface area contributed by atoms with Gasteiger partial charge in [-0.3, -0.25) is 4.79 Å². The van der Waals surface area contributed by atoms with E-state index >= 15 is 0 Å². The fourth-order valence-corrected chi connectivity index (χ4v) is 6.70. The number of hydrogen-bond acceptors (Lipinski definition) is 5. The van der Waals surface area contributed by atoms with E-state index in [1.54, 1.807) is 4.90 Å². The van der Waals surface area contributed by atoms with Crippen LogP contribution in [0.3, 0.4) is 0 Å². The largest absolute Gasteiger partial charge is 0.418 e. The number of para-hydroxylation sites is 1. The molecular formula is C32H39F6N7O3. The van der Waals surface area contributed by atoms with Crippen LogP contribution in [0.1, 0.15) is 47.9 Å². The highest BCUT2D eigenvalue weighted by Crippen LogP contribution is 2.42. The van der Waals surface area contributed by atoms with Gasteiger partial charge in [0.05, 0.1) is 16.8 Å². The smallest absolute Gasteiger partial charge is 0.398 e. The maximum absolute atomic E-state index is 13.8. The molecule has 0 radical (unpaired) electrons. The molecule has 2 saturated heterocycles. The molecule has 3 heterocycles. The zero-order chi connectivity index (χ0) is 35.0. The third kappa shape index (κ3) is 7.74. The molecule has 0 bridgehead atoms. The normalized spacial score (nSPS) is 18.9. The molecule has 16 heteroatoms. The summed E-state index contributed by atoms with van der Waals surface area (Å²) in [4.78, 5) is 46.7. The predicted octanol–water partition coefficient (Wildman–Crippen LogP) is 4.99. The van der Waals surface area contributed by atoms with Gasteiger partial charge >= 0.3 is 24.4 Å². The average Bonchev–Trinajstić information content (AvgIpc) is 3.03. The van der Waals surface area contributed by atoms with Crippen molar-refractivity contribution in [3.05, 3.63) is 58.7 Å². The number of rotatable bonds is 6. The maximum atomic E-state index is 13.8. The molecule has 3 aliphatic rings. The number of carbonyl (C=O) groups excluding carboxylic acids is 3. The van der Waals surface area contributed by atoms with Gasteiger partial charge in [0.25, 0.3) is 0 Å². The number of hydrogen-bond donors (Lipinski definition) is 3. The first-order valence-electron chi connectivity index (χ1n) is 15.8. The number of nitrogens with one attached hydrogen (secondary N) is 2. The lowest BCUT2D eigenvalue weighted by Crippen LogP contribution is -2.57. The van der Waals surface area contributed by atoms with Gasteiger partial charge in [-0.05, 0) is 69.1 Å². The molecular weight excluding hydrogens is 644 g/mol. The zero-order valence-electron chi connectivity index (χ0n) is 26.6. The second-order valence-corrected chi connectivity index (χ2v) is 12.8. The van der Waals surface area contributed by atoms with Crippen LogP contribution in [-0.2, 0) is 30.1 Å². The first-order valence-corrected chi connectivity index (χ1v) is 15.8. The van der Waals surface area contributed by atoms with Gasteiger partial charge in [0.15, 0.2) is 0 Å². The maximum Gasteiger partial charge on any atom is 0.418 e. The number of alkyl halides is 6. The Morgan fingerprint density at radius 2 is 1.50 bits per heavy atom. The SMILES string of the molecule is CN(C)C1CCN(C(=O)[C@@H](Cc2cc(C(F)(F)F)c(N)c(C(F)(F)F)c2)NC(=O)N2CCC(N3Cc4ccccc4NC3=O)CC2)CC1. The summed E-state index contributed by atoms with van der Waals surface area (Å²) >= 11 is 0. The number of carbonyl (C=O) groups is 3. The van der Waals surface area contributed by atoms with E-state index in [9.17, 15) is 40.7 Å². The third-order valence-electron chi connectivity index (χ3n) is 9.45. The van der Waals surface area contributed by atoms with Crippen molar-refractivity contribution in [2.24, 2.45) is 0 Å². The summed E-state index contributed by atoms with van der Waals surface area (Å²) < 4.78 is 82.6. The molecule has 48 heavy (non-hydrogen) atoms. The van der Waals surface area contributed by atoms with Gasteiger partial charge in [-0.2, -0.15) is 26.3 Å². The van der Waals surface area contributed by atoms with E-state index in [0.29, 0.717) is 57.5 Å². The molecule has 262 valence electrons. The molecule has 0 aliphatic carbocycles. The van der Waals surface area contributed by atoms with Crippen molar-refractivity contribution < 1.29 is 40.7 Å². The van der Waals surface area contributed by atoms with Gasteiger partial charge in [-0.1, -0.05) is 18.2 Å². The lowest BCUT2D eigenvalue weighted by Gasteiger charge is -2.41. The second-order valence-electron chi connectivity index (χ2n) is 12.8. The zero-order valence-corrected chi connectivity index (χ0v) is 26.6. The summed E-state index contributed by atoms with van der Waals surface area (Å²) in [7, 11) is 3.81. The quantitative estimate of drug-likeness (QED) is 0.294. The van der Waals surface area contributed by atoms with Crippen LogP contribution in [0.2, 0.25) is 0 Å². The fourth-order valence-electron chi connectivity index (χ4n) is 6.70. The number of urea groups is 2. The standard InChI is InChI=1S/C32H39F6N7O3/c1-42(2)21-7-11-43(12-8-21)28(46)26(17-19-15-23(31(33,34)35)27(39)24(16-19)32(36,37)38)41-29(47)44-13-9-22(10-14-44)45-18-20-5-3-4-6-25(20)40-30(45)48/h3-6,15-16,21-22,26H,7-14,17-18,39H2,1-2H3,(H,40,48)(H,41,47)/t26-/m1/s1. The van der Waals surface area contributed by atoms with Crippen LogP contribution < -0.4 is 16.4 Å². The monoisotopic (exact) mass is 683 g/mol. The van der Waals surface area contributed by atoms with E-state index < -0.39 is 59.1 Å². The van der Waals surface area contributed by atoms with Crippen molar-refractivity contribution in [1.29, 1.82) is 0 Å².